The van der Waals surface area contributed by atoms with E-state index in [1.165, 1.54) is 64.2 Å². The van der Waals surface area contributed by atoms with Gasteiger partial charge in [0.05, 0.1) is 0 Å². The van der Waals surface area contributed by atoms with Crippen LogP contribution in [0.3, 0.4) is 0 Å². The third kappa shape index (κ3) is 3.81. The molecule has 5 heteroatoms. The highest BCUT2D eigenvalue weighted by atomic mass is 15.2. The first kappa shape index (κ1) is 13.6. The molecule has 0 unspecified atom stereocenters. The Hall–Kier alpha value is -1.39. The molecule has 0 aromatic carbocycles. The molecule has 2 aliphatic rings. The molecule has 2 saturated carbocycles. The number of anilines is 2. The van der Waals surface area contributed by atoms with Gasteiger partial charge in [-0.3, -0.25) is 0 Å². The Kier molecular flexibility index (Phi) is 4.66. The van der Waals surface area contributed by atoms with Crippen molar-refractivity contribution in [2.24, 2.45) is 0 Å². The Labute approximate surface area is 121 Å². The minimum atomic E-state index is 0.536. The van der Waals surface area contributed by atoms with Crippen LogP contribution in [0.2, 0.25) is 0 Å². The molecule has 110 valence electrons. The van der Waals surface area contributed by atoms with E-state index in [9.17, 15) is 0 Å². The molecule has 1 heterocycles. The molecule has 0 spiro atoms. The second-order valence-electron chi connectivity index (χ2n) is 6.09. The maximum absolute atomic E-state index is 4.52. The van der Waals surface area contributed by atoms with Crippen molar-refractivity contribution in [1.82, 2.24) is 15.0 Å². The highest BCUT2D eigenvalue weighted by Crippen LogP contribution is 2.22. The maximum Gasteiger partial charge on any atom is 0.227 e. The molecular weight excluding hydrogens is 250 g/mol. The quantitative estimate of drug-likeness (QED) is 0.882. The van der Waals surface area contributed by atoms with E-state index in [1.807, 2.05) is 0 Å². The van der Waals surface area contributed by atoms with E-state index in [1.54, 1.807) is 6.33 Å². The van der Waals surface area contributed by atoms with E-state index in [2.05, 4.69) is 25.6 Å². The Bertz CT molecular complexity index is 375. The summed E-state index contributed by atoms with van der Waals surface area (Å²) in [6.07, 6.45) is 14.5. The van der Waals surface area contributed by atoms with Crippen LogP contribution in [0.5, 0.6) is 0 Å². The van der Waals surface area contributed by atoms with Crippen molar-refractivity contribution in [2.75, 3.05) is 10.6 Å². The molecule has 20 heavy (non-hydrogen) atoms. The molecule has 0 bridgehead atoms. The molecule has 2 aliphatic carbocycles. The molecule has 1 aromatic heterocycles. The van der Waals surface area contributed by atoms with E-state index in [-0.39, 0.29) is 0 Å². The molecule has 0 atom stereocenters. The van der Waals surface area contributed by atoms with E-state index >= 15 is 0 Å². The topological polar surface area (TPSA) is 62.7 Å². The van der Waals surface area contributed by atoms with Gasteiger partial charge in [-0.15, -0.1) is 0 Å². The zero-order valence-corrected chi connectivity index (χ0v) is 12.1. The Morgan fingerprint density at radius 2 is 1.15 bits per heavy atom. The van der Waals surface area contributed by atoms with Crippen LogP contribution in [-0.2, 0) is 0 Å². The second-order valence-corrected chi connectivity index (χ2v) is 6.09. The van der Waals surface area contributed by atoms with Gasteiger partial charge in [0.25, 0.3) is 0 Å². The summed E-state index contributed by atoms with van der Waals surface area (Å²) in [6, 6.07) is 1.07. The summed E-state index contributed by atoms with van der Waals surface area (Å²) < 4.78 is 0. The number of nitrogens with zero attached hydrogens (tertiary/aromatic N) is 3. The molecule has 2 N–H and O–H groups in total. The van der Waals surface area contributed by atoms with Gasteiger partial charge in [0, 0.05) is 12.1 Å². The molecular formula is C15H25N5. The van der Waals surface area contributed by atoms with Gasteiger partial charge in [0.1, 0.15) is 6.33 Å². The minimum absolute atomic E-state index is 0.536. The van der Waals surface area contributed by atoms with Crippen LogP contribution in [-0.4, -0.2) is 27.0 Å². The average Bonchev–Trinajstić information content (AvgIpc) is 2.50. The van der Waals surface area contributed by atoms with Crippen LogP contribution in [0.15, 0.2) is 6.33 Å². The summed E-state index contributed by atoms with van der Waals surface area (Å²) >= 11 is 0. The Balaban J connectivity index is 1.57. The first-order chi connectivity index (χ1) is 9.90. The van der Waals surface area contributed by atoms with E-state index in [0.29, 0.717) is 12.1 Å². The van der Waals surface area contributed by atoms with Gasteiger partial charge in [-0.05, 0) is 25.7 Å². The van der Waals surface area contributed by atoms with Crippen molar-refractivity contribution in [1.29, 1.82) is 0 Å². The van der Waals surface area contributed by atoms with Crippen LogP contribution in [0.4, 0.5) is 11.9 Å². The van der Waals surface area contributed by atoms with Gasteiger partial charge in [0.15, 0.2) is 0 Å². The van der Waals surface area contributed by atoms with Gasteiger partial charge >= 0.3 is 0 Å². The van der Waals surface area contributed by atoms with E-state index in [4.69, 9.17) is 0 Å². The van der Waals surface area contributed by atoms with Crippen molar-refractivity contribution in [3.8, 4) is 0 Å². The summed E-state index contributed by atoms with van der Waals surface area (Å²) in [5, 5.41) is 6.91. The van der Waals surface area contributed by atoms with Crippen LogP contribution in [0, 0.1) is 0 Å². The average molecular weight is 275 g/mol. The summed E-state index contributed by atoms with van der Waals surface area (Å²) in [4.78, 5) is 13.0. The number of hydrogen-bond donors (Lipinski definition) is 2. The van der Waals surface area contributed by atoms with Crippen molar-refractivity contribution in [3.63, 3.8) is 0 Å². The fraction of sp³-hybridized carbons (Fsp3) is 0.800. The van der Waals surface area contributed by atoms with Crippen molar-refractivity contribution < 1.29 is 0 Å². The van der Waals surface area contributed by atoms with Gasteiger partial charge in [-0.25, -0.2) is 9.97 Å². The molecule has 1 aromatic rings. The van der Waals surface area contributed by atoms with Crippen LogP contribution in [0.1, 0.15) is 64.2 Å². The smallest absolute Gasteiger partial charge is 0.227 e. The first-order valence-corrected chi connectivity index (χ1v) is 8.12. The number of nitrogens with one attached hydrogen (secondary N) is 2. The van der Waals surface area contributed by atoms with Crippen molar-refractivity contribution >= 4 is 11.9 Å². The number of aromatic nitrogens is 3. The van der Waals surface area contributed by atoms with Gasteiger partial charge in [-0.1, -0.05) is 38.5 Å². The summed E-state index contributed by atoms with van der Waals surface area (Å²) in [5.41, 5.74) is 0. The zero-order chi connectivity index (χ0) is 13.6. The van der Waals surface area contributed by atoms with E-state index < -0.39 is 0 Å². The molecule has 0 saturated heterocycles. The monoisotopic (exact) mass is 275 g/mol. The summed E-state index contributed by atoms with van der Waals surface area (Å²) in [7, 11) is 0. The Morgan fingerprint density at radius 3 is 1.60 bits per heavy atom. The van der Waals surface area contributed by atoms with Crippen LogP contribution >= 0.6 is 0 Å². The fourth-order valence-corrected chi connectivity index (χ4v) is 3.29. The molecule has 0 aliphatic heterocycles. The second kappa shape index (κ2) is 6.86. The largest absolute Gasteiger partial charge is 0.351 e. The lowest BCUT2D eigenvalue weighted by atomic mass is 9.96. The lowest BCUT2D eigenvalue weighted by molar-refractivity contribution is 0.458. The standard InChI is InChI=1S/C15H25N5/c1-3-7-12(8-4-1)18-14-16-11-17-15(20-14)19-13-9-5-2-6-10-13/h11-13H,1-10H2,(H2,16,17,18,19,20). The molecule has 5 nitrogen and oxygen atoms in total. The number of rotatable bonds is 4. The summed E-state index contributed by atoms with van der Waals surface area (Å²) in [5.74, 6) is 1.45. The molecule has 3 rings (SSSR count). The van der Waals surface area contributed by atoms with Gasteiger partial charge in [-0.2, -0.15) is 4.98 Å². The molecule has 0 amide bonds. The predicted octanol–water partition coefficient (Wildman–Crippen LogP) is 3.36. The fourth-order valence-electron chi connectivity index (χ4n) is 3.29. The summed E-state index contributed by atoms with van der Waals surface area (Å²) in [6.45, 7) is 0. The lowest BCUT2D eigenvalue weighted by Gasteiger charge is -2.24. The SMILES string of the molecule is c1nc(NC2CCCCC2)nc(NC2CCCCC2)n1. The minimum Gasteiger partial charge on any atom is -0.351 e. The predicted molar refractivity (Wildman–Crippen MR) is 80.8 cm³/mol. The number of hydrogen-bond acceptors (Lipinski definition) is 5. The van der Waals surface area contributed by atoms with E-state index in [0.717, 1.165) is 11.9 Å². The Morgan fingerprint density at radius 1 is 0.700 bits per heavy atom. The zero-order valence-electron chi connectivity index (χ0n) is 12.1. The molecule has 0 radical (unpaired) electrons. The maximum atomic E-state index is 4.52. The third-order valence-electron chi connectivity index (χ3n) is 4.45. The van der Waals surface area contributed by atoms with Crippen LogP contribution < -0.4 is 10.6 Å². The lowest BCUT2D eigenvalue weighted by Crippen LogP contribution is -2.26. The van der Waals surface area contributed by atoms with Crippen molar-refractivity contribution in [3.05, 3.63) is 6.33 Å². The highest BCUT2D eigenvalue weighted by Gasteiger charge is 2.16. The highest BCUT2D eigenvalue weighted by molar-refractivity contribution is 5.34. The normalized spacial score (nSPS) is 21.6. The first-order valence-electron chi connectivity index (χ1n) is 8.12. The molecule has 2 fully saturated rings. The van der Waals surface area contributed by atoms with Gasteiger partial charge < -0.3 is 10.6 Å². The van der Waals surface area contributed by atoms with Gasteiger partial charge in [0.2, 0.25) is 11.9 Å². The van der Waals surface area contributed by atoms with Crippen molar-refractivity contribution in [2.45, 2.75) is 76.3 Å². The third-order valence-corrected chi connectivity index (χ3v) is 4.45. The van der Waals surface area contributed by atoms with Crippen LogP contribution in [0.25, 0.3) is 0 Å².